The Morgan fingerprint density at radius 3 is 1.80 bits per heavy atom. The van der Waals surface area contributed by atoms with Crippen LogP contribution in [0.1, 0.15) is 31.2 Å². The molecule has 0 saturated carbocycles. The van der Waals surface area contributed by atoms with Gasteiger partial charge in [0.25, 0.3) is 0 Å². The second kappa shape index (κ2) is 7.95. The van der Waals surface area contributed by atoms with Gasteiger partial charge in [-0.2, -0.15) is 39.5 Å². The third kappa shape index (κ3) is 5.06. The highest BCUT2D eigenvalue weighted by Crippen LogP contribution is 2.54. The van der Waals surface area contributed by atoms with E-state index in [9.17, 15) is 39.5 Å². The van der Waals surface area contributed by atoms with Crippen LogP contribution in [-0.4, -0.2) is 23.9 Å². The summed E-state index contributed by atoms with van der Waals surface area (Å²) in [6.07, 6.45) is -8.45. The number of aryl methyl sites for hydroxylation is 1. The first-order chi connectivity index (χ1) is 11.1. The van der Waals surface area contributed by atoms with E-state index in [1.165, 1.54) is 11.3 Å². The summed E-state index contributed by atoms with van der Waals surface area (Å²) < 4.78 is 116. The molecule has 25 heavy (non-hydrogen) atoms. The van der Waals surface area contributed by atoms with Gasteiger partial charge in [-0.25, -0.2) is 0 Å². The lowest BCUT2D eigenvalue weighted by Crippen LogP contribution is -2.60. The van der Waals surface area contributed by atoms with Crippen LogP contribution in [0.3, 0.4) is 0 Å². The number of halogens is 11. The van der Waals surface area contributed by atoms with Crippen molar-refractivity contribution in [1.29, 1.82) is 0 Å². The highest BCUT2D eigenvalue weighted by Gasteiger charge is 2.81. The predicted molar refractivity (Wildman–Crippen MR) is 82.8 cm³/mol. The minimum Gasteiger partial charge on any atom is -0.200 e. The zero-order valence-electron chi connectivity index (χ0n) is 12.2. The summed E-state index contributed by atoms with van der Waals surface area (Å²) in [6.45, 7) is 0. The van der Waals surface area contributed by atoms with Gasteiger partial charge in [0.1, 0.15) is 0 Å². The van der Waals surface area contributed by atoms with Crippen LogP contribution in [0.2, 0.25) is 0 Å². The molecule has 0 N–H and O–H groups in total. The molecule has 0 aliphatic carbocycles. The van der Waals surface area contributed by atoms with Gasteiger partial charge in [0.15, 0.2) is 0 Å². The van der Waals surface area contributed by atoms with Gasteiger partial charge in [0, 0.05) is 6.42 Å². The molecule has 0 aromatic carbocycles. The third-order valence-electron chi connectivity index (χ3n) is 3.37. The first kappa shape index (κ1) is 23.1. The summed E-state index contributed by atoms with van der Waals surface area (Å²) in [5.74, 6) is -18.8. The van der Waals surface area contributed by atoms with Gasteiger partial charge < -0.3 is 0 Å². The summed E-state index contributed by atoms with van der Waals surface area (Å²) >= 11 is 7.87. The van der Waals surface area contributed by atoms with Crippen molar-refractivity contribution < 1.29 is 39.5 Å². The van der Waals surface area contributed by atoms with Crippen LogP contribution in [0.4, 0.5) is 39.5 Å². The molecule has 0 saturated heterocycles. The lowest BCUT2D eigenvalue weighted by Gasteiger charge is -2.33. The van der Waals surface area contributed by atoms with Crippen molar-refractivity contribution in [2.45, 2.75) is 56.0 Å². The average molecular weight is 530 g/mol. The molecule has 12 heteroatoms. The van der Waals surface area contributed by atoms with Crippen LogP contribution in [0.5, 0.6) is 0 Å². The van der Waals surface area contributed by atoms with Crippen molar-refractivity contribution in [3.63, 3.8) is 0 Å². The van der Waals surface area contributed by atoms with E-state index >= 15 is 0 Å². The molecule has 1 aromatic rings. The Bertz CT molecular complexity index is 581. The topological polar surface area (TPSA) is 0 Å². The van der Waals surface area contributed by atoms with E-state index in [4.69, 9.17) is 0 Å². The van der Waals surface area contributed by atoms with Crippen molar-refractivity contribution in [2.75, 3.05) is 0 Å². The van der Waals surface area contributed by atoms with Crippen LogP contribution in [-0.2, 0) is 6.42 Å². The van der Waals surface area contributed by atoms with Gasteiger partial charge in [-0.1, -0.05) is 6.42 Å². The molecule has 0 bridgehead atoms. The number of hydrogen-bond donors (Lipinski definition) is 0. The minimum atomic E-state index is -6.81. The first-order valence-corrected chi connectivity index (χ1v) is 9.17. The third-order valence-corrected chi connectivity index (χ3v) is 5.84. The highest BCUT2D eigenvalue weighted by molar-refractivity contribution is 9.12. The summed E-state index contributed by atoms with van der Waals surface area (Å²) in [7, 11) is 0. The minimum absolute atomic E-state index is 0.0246. The molecule has 0 aliphatic rings. The van der Waals surface area contributed by atoms with Crippen LogP contribution < -0.4 is 0 Å². The monoisotopic (exact) mass is 528 g/mol. The molecule has 0 unspecified atom stereocenters. The fourth-order valence-electron chi connectivity index (χ4n) is 1.95. The maximum absolute atomic E-state index is 13.3. The van der Waals surface area contributed by atoms with Gasteiger partial charge >= 0.3 is 23.9 Å². The zero-order chi connectivity index (χ0) is 19.7. The van der Waals surface area contributed by atoms with Crippen molar-refractivity contribution in [1.82, 2.24) is 0 Å². The van der Waals surface area contributed by atoms with E-state index in [0.717, 1.165) is 13.1 Å². The maximum Gasteiger partial charge on any atom is 0.460 e. The molecule has 1 aromatic heterocycles. The Balaban J connectivity index is 2.58. The fraction of sp³-hybridized carbons (Fsp3) is 0.692. The summed E-state index contributed by atoms with van der Waals surface area (Å²) in [5, 5.41) is 0. The summed E-state index contributed by atoms with van der Waals surface area (Å²) in [4.78, 5) is 0. The Morgan fingerprint density at radius 1 is 0.800 bits per heavy atom. The van der Waals surface area contributed by atoms with Crippen molar-refractivity contribution in [3.8, 4) is 0 Å². The Kier molecular flexibility index (Phi) is 7.34. The Hall–Kier alpha value is 0.0300. The van der Waals surface area contributed by atoms with E-state index in [0.29, 0.717) is 12.8 Å². The lowest BCUT2D eigenvalue weighted by molar-refractivity contribution is -0.396. The molecular formula is C13H11Br2F9S. The van der Waals surface area contributed by atoms with Gasteiger partial charge in [0.05, 0.1) is 7.57 Å². The highest BCUT2D eigenvalue weighted by atomic mass is 79.9. The number of rotatable bonds is 8. The quantitative estimate of drug-likeness (QED) is 0.238. The molecule has 0 aliphatic heterocycles. The van der Waals surface area contributed by atoms with E-state index in [1.54, 1.807) is 6.07 Å². The molecule has 1 heterocycles. The van der Waals surface area contributed by atoms with Gasteiger partial charge in [-0.15, -0.1) is 11.3 Å². The smallest absolute Gasteiger partial charge is 0.200 e. The maximum atomic E-state index is 13.3. The molecule has 0 nitrogen and oxygen atoms in total. The van der Waals surface area contributed by atoms with Crippen LogP contribution in [0, 0.1) is 0 Å². The predicted octanol–water partition coefficient (Wildman–Crippen LogP) is 7.84. The second-order valence-corrected chi connectivity index (χ2v) is 9.01. The molecule has 0 fully saturated rings. The second-order valence-electron chi connectivity index (χ2n) is 5.26. The number of unbranched alkanes of at least 4 members (excludes halogenated alkanes) is 2. The van der Waals surface area contributed by atoms with Crippen LogP contribution in [0.15, 0.2) is 13.6 Å². The number of alkyl halides is 9. The molecule has 1 rings (SSSR count). The zero-order valence-corrected chi connectivity index (χ0v) is 16.2. The fourth-order valence-corrected chi connectivity index (χ4v) is 4.86. The van der Waals surface area contributed by atoms with Gasteiger partial charge in [-0.3, -0.25) is 0 Å². The molecule has 0 radical (unpaired) electrons. The molecular weight excluding hydrogens is 519 g/mol. The summed E-state index contributed by atoms with van der Waals surface area (Å²) in [5.41, 5.74) is 0.845. The average Bonchev–Trinajstić information content (AvgIpc) is 2.74. The standard InChI is InChI=1S/C13H11Br2F9S/c14-8-6-7(9(15)25-8)4-2-1-3-5-10(16,17)11(18,19)12(20,21)13(22,23)24/h6H,1-5H2. The Labute approximate surface area is 158 Å². The van der Waals surface area contributed by atoms with E-state index in [-0.39, 0.29) is 6.42 Å². The first-order valence-electron chi connectivity index (χ1n) is 6.77. The van der Waals surface area contributed by atoms with Crippen molar-refractivity contribution in [2.24, 2.45) is 0 Å². The molecule has 0 spiro atoms. The molecule has 0 atom stereocenters. The number of hydrogen-bond acceptors (Lipinski definition) is 1. The summed E-state index contributed by atoms with van der Waals surface area (Å²) in [6, 6.07) is 1.77. The van der Waals surface area contributed by atoms with Gasteiger partial charge in [-0.05, 0) is 62.8 Å². The van der Waals surface area contributed by atoms with Gasteiger partial charge in [0.2, 0.25) is 0 Å². The van der Waals surface area contributed by atoms with Crippen molar-refractivity contribution in [3.05, 3.63) is 19.2 Å². The molecule has 146 valence electrons. The van der Waals surface area contributed by atoms with Crippen molar-refractivity contribution >= 4 is 43.2 Å². The van der Waals surface area contributed by atoms with E-state index in [2.05, 4.69) is 31.9 Å². The van der Waals surface area contributed by atoms with E-state index < -0.39 is 36.8 Å². The Morgan fingerprint density at radius 2 is 1.36 bits per heavy atom. The molecule has 0 amide bonds. The van der Waals surface area contributed by atoms with Crippen LogP contribution in [0.25, 0.3) is 0 Å². The van der Waals surface area contributed by atoms with E-state index in [1.807, 2.05) is 0 Å². The normalized spacial score (nSPS) is 14.2. The van der Waals surface area contributed by atoms with Crippen LogP contribution >= 0.6 is 43.2 Å². The number of thiophene rings is 1. The lowest BCUT2D eigenvalue weighted by atomic mass is 9.98. The largest absolute Gasteiger partial charge is 0.460 e. The SMILES string of the molecule is FC(F)(F)C(F)(F)C(F)(F)C(F)(F)CCCCCc1cc(Br)sc1Br.